The van der Waals surface area contributed by atoms with Crippen molar-refractivity contribution in [3.63, 3.8) is 0 Å². The number of nitrogens with one attached hydrogen (secondary N) is 1. The molecule has 2 aliphatic heterocycles. The molecule has 0 spiro atoms. The van der Waals surface area contributed by atoms with Crippen LogP contribution in [0, 0.1) is 0 Å². The Morgan fingerprint density at radius 1 is 1.38 bits per heavy atom. The fourth-order valence-electron chi connectivity index (χ4n) is 2.78. The van der Waals surface area contributed by atoms with Crippen molar-refractivity contribution >= 4 is 29.5 Å². The molecule has 0 bridgehead atoms. The zero-order valence-electron chi connectivity index (χ0n) is 12.8. The van der Waals surface area contributed by atoms with Crippen LogP contribution >= 0.6 is 11.8 Å². The Morgan fingerprint density at radius 3 is 2.67 bits per heavy atom. The molecule has 1 fully saturated rings. The van der Waals surface area contributed by atoms with Crippen LogP contribution in [0.4, 0.5) is 0 Å². The second kappa shape index (κ2) is 6.29. The van der Waals surface area contributed by atoms with Crippen molar-refractivity contribution in [2.75, 3.05) is 5.75 Å². The molecule has 1 aromatic carbocycles. The second-order valence-electron chi connectivity index (χ2n) is 5.63. The van der Waals surface area contributed by atoms with Crippen LogP contribution in [0.3, 0.4) is 0 Å². The Labute approximate surface area is 142 Å². The van der Waals surface area contributed by atoms with E-state index < -0.39 is 35.3 Å². The first-order valence-electron chi connectivity index (χ1n) is 7.31. The van der Waals surface area contributed by atoms with Crippen LogP contribution in [0.2, 0.25) is 0 Å². The maximum absolute atomic E-state index is 12.2. The number of carboxylic acid groups (broad SMARTS) is 1. The first-order chi connectivity index (χ1) is 11.4. The Kier molecular flexibility index (Phi) is 4.33. The van der Waals surface area contributed by atoms with Gasteiger partial charge in [0.15, 0.2) is 6.10 Å². The first-order valence-corrected chi connectivity index (χ1v) is 8.36. The normalized spacial score (nSPS) is 24.1. The lowest BCUT2D eigenvalue weighted by Gasteiger charge is -2.50. The molecule has 0 aliphatic carbocycles. The lowest BCUT2D eigenvalue weighted by Crippen LogP contribution is -2.71. The van der Waals surface area contributed by atoms with Crippen molar-refractivity contribution in [3.8, 4) is 0 Å². The Hall–Kier alpha value is -2.32. The highest BCUT2D eigenvalue weighted by molar-refractivity contribution is 8.00. The van der Waals surface area contributed by atoms with E-state index in [0.29, 0.717) is 16.9 Å². The van der Waals surface area contributed by atoms with Crippen molar-refractivity contribution < 1.29 is 24.6 Å². The van der Waals surface area contributed by atoms with Gasteiger partial charge in [-0.15, -0.1) is 11.8 Å². The summed E-state index contributed by atoms with van der Waals surface area (Å²) in [5, 5.41) is 23.3. The molecule has 2 N–H and O–H groups in total. The number of nitrogens with zero attached hydrogens (tertiary/aromatic N) is 1. The monoisotopic (exact) mass is 347 g/mol. The minimum absolute atomic E-state index is 0.127. The minimum atomic E-state index is -1.40. The maximum Gasteiger partial charge on any atom is 0.254 e. The molecule has 2 amide bonds. The Balaban J connectivity index is 1.71. The number of carbonyl (C=O) groups excluding carboxylic acids is 3. The van der Waals surface area contributed by atoms with E-state index in [9.17, 15) is 24.6 Å². The predicted octanol–water partition coefficient (Wildman–Crippen LogP) is -0.856. The fourth-order valence-corrected chi connectivity index (χ4v) is 4.07. The first kappa shape index (κ1) is 16.5. The van der Waals surface area contributed by atoms with Crippen LogP contribution in [0.5, 0.6) is 0 Å². The van der Waals surface area contributed by atoms with E-state index in [0.717, 1.165) is 4.90 Å². The summed E-state index contributed by atoms with van der Waals surface area (Å²) in [5.41, 5.74) is 0.845. The van der Waals surface area contributed by atoms with E-state index in [1.807, 2.05) is 0 Å². The standard InChI is InChI=1S/C16H16N2O5S/c1-8-7-24-15-10(14(21)18(15)11(8)16(22)23)17-13(20)12(19)9-5-3-2-4-6-9/h2-6,10,12,15,19H,7H2,1H3,(H,17,20)(H,22,23)/p-1. The molecule has 126 valence electrons. The molecule has 3 rings (SSSR count). The van der Waals surface area contributed by atoms with Crippen LogP contribution < -0.4 is 10.4 Å². The van der Waals surface area contributed by atoms with Crippen LogP contribution in [-0.2, 0) is 14.4 Å². The number of benzene rings is 1. The van der Waals surface area contributed by atoms with Gasteiger partial charge < -0.3 is 20.3 Å². The van der Waals surface area contributed by atoms with E-state index in [2.05, 4.69) is 5.32 Å². The largest absolute Gasteiger partial charge is 0.543 e. The quantitative estimate of drug-likeness (QED) is 0.686. The van der Waals surface area contributed by atoms with Gasteiger partial charge in [-0.1, -0.05) is 30.3 Å². The lowest BCUT2D eigenvalue weighted by atomic mass is 10.0. The molecular formula is C16H15N2O5S-. The molecule has 0 saturated carbocycles. The van der Waals surface area contributed by atoms with Crippen molar-refractivity contribution in [2.24, 2.45) is 0 Å². The van der Waals surface area contributed by atoms with E-state index in [1.54, 1.807) is 37.3 Å². The summed E-state index contributed by atoms with van der Waals surface area (Å²) in [4.78, 5) is 36.8. The third-order valence-electron chi connectivity index (χ3n) is 4.01. The summed E-state index contributed by atoms with van der Waals surface area (Å²) in [6.45, 7) is 1.63. The number of β-lactam (4-membered cyclic amide) rings is 1. The molecule has 24 heavy (non-hydrogen) atoms. The summed E-state index contributed by atoms with van der Waals surface area (Å²) in [5.74, 6) is -2.17. The summed E-state index contributed by atoms with van der Waals surface area (Å²) >= 11 is 1.36. The number of aliphatic hydroxyl groups is 1. The fraction of sp³-hybridized carbons (Fsp3) is 0.312. The van der Waals surface area contributed by atoms with E-state index in [1.165, 1.54) is 11.8 Å². The highest BCUT2D eigenvalue weighted by atomic mass is 32.2. The molecule has 0 radical (unpaired) electrons. The van der Waals surface area contributed by atoms with Gasteiger partial charge in [-0.3, -0.25) is 14.5 Å². The van der Waals surface area contributed by atoms with Crippen LogP contribution in [0.1, 0.15) is 18.6 Å². The Bertz CT molecular complexity index is 733. The topological polar surface area (TPSA) is 110 Å². The summed E-state index contributed by atoms with van der Waals surface area (Å²) in [6.07, 6.45) is -1.39. The van der Waals surface area contributed by atoms with Crippen LogP contribution in [-0.4, -0.2) is 45.0 Å². The SMILES string of the molecule is CC1=C(C(=O)[O-])N2C(=O)C(NC(=O)C(O)c3ccccc3)C2SC1. The van der Waals surface area contributed by atoms with Crippen LogP contribution in [0.15, 0.2) is 41.6 Å². The third kappa shape index (κ3) is 2.67. The lowest BCUT2D eigenvalue weighted by molar-refractivity contribution is -0.301. The molecular weight excluding hydrogens is 332 g/mol. The number of thioether (sulfide) groups is 1. The molecule has 0 aromatic heterocycles. The predicted molar refractivity (Wildman–Crippen MR) is 84.1 cm³/mol. The van der Waals surface area contributed by atoms with Gasteiger partial charge in [-0.25, -0.2) is 0 Å². The number of amides is 2. The minimum Gasteiger partial charge on any atom is -0.543 e. The third-order valence-corrected chi connectivity index (χ3v) is 5.44. The van der Waals surface area contributed by atoms with E-state index in [4.69, 9.17) is 0 Å². The average Bonchev–Trinajstić information content (AvgIpc) is 2.59. The molecule has 2 aliphatic rings. The number of hydrogen-bond acceptors (Lipinski definition) is 6. The number of aliphatic hydroxyl groups excluding tert-OH is 1. The van der Waals surface area contributed by atoms with Crippen molar-refractivity contribution in [3.05, 3.63) is 47.2 Å². The van der Waals surface area contributed by atoms with Gasteiger partial charge in [0, 0.05) is 5.75 Å². The van der Waals surface area contributed by atoms with Crippen LogP contribution in [0.25, 0.3) is 0 Å². The van der Waals surface area contributed by atoms with Crippen molar-refractivity contribution in [1.29, 1.82) is 0 Å². The maximum atomic E-state index is 12.2. The summed E-state index contributed by atoms with van der Waals surface area (Å²) in [7, 11) is 0. The number of aliphatic carboxylic acids is 1. The van der Waals surface area contributed by atoms with E-state index >= 15 is 0 Å². The highest BCUT2D eigenvalue weighted by Crippen LogP contribution is 2.39. The highest BCUT2D eigenvalue weighted by Gasteiger charge is 2.52. The van der Waals surface area contributed by atoms with Gasteiger partial charge in [0.05, 0.1) is 11.7 Å². The summed E-state index contributed by atoms with van der Waals surface area (Å²) in [6, 6.07) is 7.50. The number of carboxylic acids is 1. The zero-order chi connectivity index (χ0) is 17.4. The smallest absolute Gasteiger partial charge is 0.254 e. The number of rotatable bonds is 4. The zero-order valence-corrected chi connectivity index (χ0v) is 13.6. The molecule has 7 nitrogen and oxygen atoms in total. The van der Waals surface area contributed by atoms with Gasteiger partial charge in [0.1, 0.15) is 11.4 Å². The van der Waals surface area contributed by atoms with Gasteiger partial charge >= 0.3 is 0 Å². The molecule has 1 aromatic rings. The van der Waals surface area contributed by atoms with Gasteiger partial charge in [-0.05, 0) is 18.1 Å². The summed E-state index contributed by atoms with van der Waals surface area (Å²) < 4.78 is 0. The Morgan fingerprint density at radius 2 is 2.04 bits per heavy atom. The van der Waals surface area contributed by atoms with E-state index in [-0.39, 0.29) is 5.70 Å². The molecule has 2 heterocycles. The number of hydrogen-bond donors (Lipinski definition) is 2. The molecule has 1 saturated heterocycles. The molecule has 8 heteroatoms. The number of fused-ring (bicyclic) bond motifs is 1. The van der Waals surface area contributed by atoms with Gasteiger partial charge in [0.2, 0.25) is 0 Å². The average molecular weight is 347 g/mol. The van der Waals surface area contributed by atoms with Gasteiger partial charge in [0.25, 0.3) is 11.8 Å². The van der Waals surface area contributed by atoms with Gasteiger partial charge in [-0.2, -0.15) is 0 Å². The number of carbonyl (C=O) groups is 3. The van der Waals surface area contributed by atoms with Crippen molar-refractivity contribution in [1.82, 2.24) is 10.2 Å². The van der Waals surface area contributed by atoms with Crippen molar-refractivity contribution in [2.45, 2.75) is 24.4 Å². The molecule has 3 atom stereocenters. The molecule has 3 unspecified atom stereocenters. The second-order valence-corrected chi connectivity index (χ2v) is 6.73.